The van der Waals surface area contributed by atoms with Crippen LogP contribution in [0.25, 0.3) is 0 Å². The van der Waals surface area contributed by atoms with E-state index >= 15 is 0 Å². The predicted octanol–water partition coefficient (Wildman–Crippen LogP) is -1.52. The van der Waals surface area contributed by atoms with Crippen molar-refractivity contribution in [2.75, 3.05) is 0 Å². The topological polar surface area (TPSA) is 0 Å². The van der Waals surface area contributed by atoms with Gasteiger partial charge in [-0.05, 0) is 0 Å². The molecule has 0 amide bonds. The molecule has 0 saturated heterocycles. The monoisotopic (exact) mass is 123 g/mol. The smallest absolute Gasteiger partial charge is 0 e. The zero-order chi connectivity index (χ0) is 0. The maximum absolute atomic E-state index is 0. The van der Waals surface area contributed by atoms with Crippen LogP contribution in [0.1, 0.15) is 0 Å². The molecule has 0 saturated carbocycles. The van der Waals surface area contributed by atoms with Gasteiger partial charge in [0.1, 0.15) is 0 Å². The van der Waals surface area contributed by atoms with Crippen LogP contribution >= 0.6 is 0 Å². The van der Waals surface area contributed by atoms with Crippen molar-refractivity contribution in [1.29, 1.82) is 0 Å². The van der Waals surface area contributed by atoms with Gasteiger partial charge in [-0.15, -0.1) is 0 Å². The summed E-state index contributed by atoms with van der Waals surface area (Å²) in [6.07, 6.45) is 0. The fourth-order valence-corrected chi connectivity index (χ4v) is 0. The largest absolute Gasteiger partial charge is 0 e. The van der Waals surface area contributed by atoms with Crippen LogP contribution in [-0.4, -0.2) is 77.0 Å². The van der Waals surface area contributed by atoms with Gasteiger partial charge >= 0.3 is 0 Å². The molecule has 0 aromatic heterocycles. The minimum atomic E-state index is 0. The third-order valence-electron chi connectivity index (χ3n) is 0. The molecule has 0 fully saturated rings. The zero-order valence-corrected chi connectivity index (χ0v) is 7.65. The van der Waals surface area contributed by atoms with Crippen molar-refractivity contribution in [1.82, 2.24) is 0 Å². The average Bonchev–Trinajstić information content (AvgIpc) is 0. The second kappa shape index (κ2) is 18.8. The first-order chi connectivity index (χ1) is 0. The molecule has 0 rings (SSSR count). The van der Waals surface area contributed by atoms with E-state index in [0.29, 0.717) is 0 Å². The summed E-state index contributed by atoms with van der Waals surface area (Å²) in [5.41, 5.74) is 0. The third kappa shape index (κ3) is 8.88. The molecule has 4 heteroatoms. The van der Waals surface area contributed by atoms with Crippen molar-refractivity contribution in [3.8, 4) is 0 Å². The first kappa shape index (κ1) is 34.3. The molecule has 13 valence electrons. The summed E-state index contributed by atoms with van der Waals surface area (Å²) < 4.78 is 0. The summed E-state index contributed by atoms with van der Waals surface area (Å²) in [6, 6.07) is 0. The molecule has 0 unspecified atom stereocenters. The Labute approximate surface area is 75.9 Å². The molecule has 0 aromatic carbocycles. The van der Waals surface area contributed by atoms with Gasteiger partial charge in [-0.3, -0.25) is 0 Å². The Kier molecular flexibility index (Phi) is 162. The summed E-state index contributed by atoms with van der Waals surface area (Å²) >= 11 is 0. The van der Waals surface area contributed by atoms with Crippen molar-refractivity contribution in [3.63, 3.8) is 0 Å². The van der Waals surface area contributed by atoms with Gasteiger partial charge in [0, 0.05) is 77.0 Å². The van der Waals surface area contributed by atoms with Crippen molar-refractivity contribution in [2.24, 2.45) is 0 Å². The van der Waals surface area contributed by atoms with Gasteiger partial charge < -0.3 is 0 Å². The van der Waals surface area contributed by atoms with Crippen LogP contribution in [-0.2, 0) is 0 Å². The van der Waals surface area contributed by atoms with E-state index in [2.05, 4.69) is 0 Å². The molecule has 0 aliphatic rings. The summed E-state index contributed by atoms with van der Waals surface area (Å²) in [5.74, 6) is 0. The van der Waals surface area contributed by atoms with Crippen LogP contribution in [0, 0.1) is 0 Å². The van der Waals surface area contributed by atoms with Crippen LogP contribution in [0.15, 0.2) is 0 Å². The molecular formula is AlCaSi2. The third-order valence-corrected chi connectivity index (χ3v) is 0. The quantitative estimate of drug-likeness (QED) is 0.343. The Morgan fingerprint density at radius 3 is 0.750 bits per heavy atom. The Balaban J connectivity index is 0. The van der Waals surface area contributed by atoms with Crippen LogP contribution in [0.4, 0.5) is 0 Å². The SMILES string of the molecule is [Al].[Ca].[Si].[Si]. The van der Waals surface area contributed by atoms with Gasteiger partial charge in [0.25, 0.3) is 0 Å². The molecular weight excluding hydrogens is 123 g/mol. The van der Waals surface area contributed by atoms with Crippen molar-refractivity contribution in [2.45, 2.75) is 0 Å². The van der Waals surface area contributed by atoms with E-state index in [-0.39, 0.29) is 77.0 Å². The fourth-order valence-electron chi connectivity index (χ4n) is 0. The van der Waals surface area contributed by atoms with E-state index in [1.807, 2.05) is 0 Å². The van der Waals surface area contributed by atoms with Gasteiger partial charge in [0.05, 0.1) is 0 Å². The number of hydrogen-bond donors (Lipinski definition) is 0. The maximum Gasteiger partial charge on any atom is 0 e. The van der Waals surface area contributed by atoms with Crippen LogP contribution < -0.4 is 0 Å². The molecule has 4 heavy (non-hydrogen) atoms. The molecule has 0 bridgehead atoms. The standard InChI is InChI=1S/Al.Ca.2Si. The Morgan fingerprint density at radius 2 is 0.750 bits per heavy atom. The molecule has 0 spiro atoms. The summed E-state index contributed by atoms with van der Waals surface area (Å²) in [6.45, 7) is 0. The minimum absolute atomic E-state index is 0. The Hall–Kier alpha value is 2.23. The Bertz CT molecular complexity index is 6.00. The van der Waals surface area contributed by atoms with Gasteiger partial charge in [-0.2, -0.15) is 0 Å². The molecule has 0 atom stereocenters. The first-order valence-electron chi connectivity index (χ1n) is 0. The van der Waals surface area contributed by atoms with Crippen molar-refractivity contribution >= 4 is 77.0 Å². The molecule has 0 heterocycles. The van der Waals surface area contributed by atoms with Crippen LogP contribution in [0.2, 0.25) is 0 Å². The van der Waals surface area contributed by atoms with E-state index in [0.717, 1.165) is 0 Å². The van der Waals surface area contributed by atoms with Gasteiger partial charge in [-0.25, -0.2) is 0 Å². The molecule has 0 aromatic rings. The van der Waals surface area contributed by atoms with E-state index in [9.17, 15) is 0 Å². The summed E-state index contributed by atoms with van der Waals surface area (Å²) in [5, 5.41) is 0. The van der Waals surface area contributed by atoms with Crippen LogP contribution in [0.5, 0.6) is 0 Å². The normalized spacial score (nSPS) is 0. The zero-order valence-electron chi connectivity index (χ0n) is 2.28. The fraction of sp³-hybridized carbons (Fsp3) is 0. The molecule has 13 radical (unpaired) electrons. The van der Waals surface area contributed by atoms with Crippen molar-refractivity contribution < 1.29 is 0 Å². The molecule has 0 aliphatic carbocycles. The molecule has 0 N–H and O–H groups in total. The number of hydrogen-bond acceptors (Lipinski definition) is 0. The van der Waals surface area contributed by atoms with Crippen LogP contribution in [0.3, 0.4) is 0 Å². The first-order valence-corrected chi connectivity index (χ1v) is 0. The van der Waals surface area contributed by atoms with Gasteiger partial charge in [0.15, 0.2) is 0 Å². The average molecular weight is 123 g/mol. The van der Waals surface area contributed by atoms with E-state index in [1.165, 1.54) is 0 Å². The minimum Gasteiger partial charge on any atom is 0 e. The molecule has 0 aliphatic heterocycles. The number of rotatable bonds is 0. The van der Waals surface area contributed by atoms with E-state index < -0.39 is 0 Å². The van der Waals surface area contributed by atoms with Gasteiger partial charge in [0.2, 0.25) is 0 Å². The molecule has 0 nitrogen and oxygen atoms in total. The second-order valence-corrected chi connectivity index (χ2v) is 0. The predicted molar refractivity (Wildman–Crippen MR) is 23.0 cm³/mol. The summed E-state index contributed by atoms with van der Waals surface area (Å²) in [7, 11) is 0. The Morgan fingerprint density at radius 1 is 0.750 bits per heavy atom. The van der Waals surface area contributed by atoms with Crippen molar-refractivity contribution in [3.05, 3.63) is 0 Å². The van der Waals surface area contributed by atoms with Gasteiger partial charge in [-0.1, -0.05) is 0 Å². The summed E-state index contributed by atoms with van der Waals surface area (Å²) in [4.78, 5) is 0. The van der Waals surface area contributed by atoms with E-state index in [4.69, 9.17) is 0 Å². The second-order valence-electron chi connectivity index (χ2n) is 0. The van der Waals surface area contributed by atoms with E-state index in [1.54, 1.807) is 0 Å². The maximum atomic E-state index is 0.